The van der Waals surface area contributed by atoms with Crippen LogP contribution < -0.4 is 0 Å². The minimum Gasteiger partial charge on any atom is -0.166 e. The fourth-order valence-electron chi connectivity index (χ4n) is 0.881. The van der Waals surface area contributed by atoms with Crippen LogP contribution in [0.25, 0.3) is 0 Å². The third kappa shape index (κ3) is 5.59. The van der Waals surface area contributed by atoms with Crippen molar-refractivity contribution in [3.63, 3.8) is 0 Å². The molecule has 0 spiro atoms. The van der Waals surface area contributed by atoms with Crippen molar-refractivity contribution in [2.45, 2.75) is 47.7 Å². The van der Waals surface area contributed by atoms with Crippen LogP contribution in [-0.2, 0) is 0 Å². The van der Waals surface area contributed by atoms with E-state index in [2.05, 4.69) is 0 Å². The molecule has 0 aliphatic carbocycles. The SMILES string of the molecule is C/C=C(\C(Cl)=C(/C)C(C)C)C(F)(F)F.CC. The molecular formula is C12H20ClF3. The summed E-state index contributed by atoms with van der Waals surface area (Å²) in [5, 5.41) is -0.185. The maximum atomic E-state index is 12.4. The second kappa shape index (κ2) is 7.77. The van der Waals surface area contributed by atoms with Gasteiger partial charge >= 0.3 is 6.18 Å². The molecule has 4 heteroatoms. The van der Waals surface area contributed by atoms with Gasteiger partial charge in [-0.3, -0.25) is 0 Å². The summed E-state index contributed by atoms with van der Waals surface area (Å²) in [4.78, 5) is 0. The fourth-order valence-corrected chi connectivity index (χ4v) is 1.32. The molecule has 0 radical (unpaired) electrons. The van der Waals surface area contributed by atoms with Crippen LogP contribution >= 0.6 is 11.6 Å². The number of alkyl halides is 3. The van der Waals surface area contributed by atoms with Gasteiger partial charge in [0.05, 0.1) is 10.6 Å². The van der Waals surface area contributed by atoms with Crippen molar-refractivity contribution in [1.82, 2.24) is 0 Å². The molecule has 0 saturated heterocycles. The molecule has 96 valence electrons. The van der Waals surface area contributed by atoms with Gasteiger partial charge in [0.1, 0.15) is 0 Å². The highest BCUT2D eigenvalue weighted by Gasteiger charge is 2.35. The first kappa shape index (κ1) is 17.9. The number of halogens is 4. The molecule has 0 aromatic rings. The molecule has 0 aliphatic heterocycles. The van der Waals surface area contributed by atoms with Crippen molar-refractivity contribution < 1.29 is 13.2 Å². The summed E-state index contributed by atoms with van der Waals surface area (Å²) < 4.78 is 37.2. The first-order valence-corrected chi connectivity index (χ1v) is 5.69. The first-order chi connectivity index (χ1) is 7.21. The Morgan fingerprint density at radius 3 is 1.75 bits per heavy atom. The highest BCUT2D eigenvalue weighted by molar-refractivity contribution is 6.32. The van der Waals surface area contributed by atoms with Crippen LogP contribution in [0.1, 0.15) is 41.5 Å². The van der Waals surface area contributed by atoms with E-state index in [0.717, 1.165) is 6.08 Å². The Balaban J connectivity index is 0. The lowest BCUT2D eigenvalue weighted by Crippen LogP contribution is -2.13. The molecule has 0 heterocycles. The fraction of sp³-hybridized carbons (Fsp3) is 0.667. The van der Waals surface area contributed by atoms with Crippen molar-refractivity contribution in [3.8, 4) is 0 Å². The zero-order valence-electron chi connectivity index (χ0n) is 10.7. The zero-order valence-corrected chi connectivity index (χ0v) is 11.4. The summed E-state index contributed by atoms with van der Waals surface area (Å²) in [5.74, 6) is 0.0137. The van der Waals surface area contributed by atoms with Crippen molar-refractivity contribution in [2.75, 3.05) is 0 Å². The molecule has 0 nitrogen and oxygen atoms in total. The predicted molar refractivity (Wildman–Crippen MR) is 64.6 cm³/mol. The van der Waals surface area contributed by atoms with Crippen LogP contribution in [0.4, 0.5) is 13.2 Å². The largest absolute Gasteiger partial charge is 0.417 e. The van der Waals surface area contributed by atoms with Gasteiger partial charge in [-0.15, -0.1) is 0 Å². The van der Waals surface area contributed by atoms with Crippen LogP contribution in [-0.4, -0.2) is 6.18 Å². The molecule has 0 fully saturated rings. The van der Waals surface area contributed by atoms with Crippen molar-refractivity contribution in [1.29, 1.82) is 0 Å². The van der Waals surface area contributed by atoms with Gasteiger partial charge < -0.3 is 0 Å². The second-order valence-corrected chi connectivity index (χ2v) is 3.73. The molecule has 0 N–H and O–H groups in total. The summed E-state index contributed by atoms with van der Waals surface area (Å²) in [6, 6.07) is 0. The molecule has 16 heavy (non-hydrogen) atoms. The van der Waals surface area contributed by atoms with Gasteiger partial charge in [-0.2, -0.15) is 13.2 Å². The Morgan fingerprint density at radius 2 is 1.56 bits per heavy atom. The summed E-state index contributed by atoms with van der Waals surface area (Å²) in [6.45, 7) is 10.6. The molecule has 0 amide bonds. The minimum absolute atomic E-state index is 0.0137. The van der Waals surface area contributed by atoms with E-state index in [-0.39, 0.29) is 11.0 Å². The topological polar surface area (TPSA) is 0 Å². The van der Waals surface area contributed by atoms with E-state index >= 15 is 0 Å². The van der Waals surface area contributed by atoms with Gasteiger partial charge in [0, 0.05) is 0 Å². The Kier molecular flexibility index (Phi) is 8.71. The van der Waals surface area contributed by atoms with E-state index in [1.54, 1.807) is 20.8 Å². The van der Waals surface area contributed by atoms with Crippen molar-refractivity contribution >= 4 is 11.6 Å². The van der Waals surface area contributed by atoms with Crippen molar-refractivity contribution in [2.24, 2.45) is 5.92 Å². The number of hydrogen-bond donors (Lipinski definition) is 0. The van der Waals surface area contributed by atoms with Gasteiger partial charge in [-0.05, 0) is 19.8 Å². The Morgan fingerprint density at radius 1 is 1.19 bits per heavy atom. The second-order valence-electron chi connectivity index (χ2n) is 3.35. The van der Waals surface area contributed by atoms with Gasteiger partial charge in [-0.25, -0.2) is 0 Å². The third-order valence-electron chi connectivity index (χ3n) is 2.04. The van der Waals surface area contributed by atoms with Gasteiger partial charge in [0.25, 0.3) is 0 Å². The van der Waals surface area contributed by atoms with E-state index in [4.69, 9.17) is 11.6 Å². The lowest BCUT2D eigenvalue weighted by molar-refractivity contribution is -0.0888. The quantitative estimate of drug-likeness (QED) is 0.557. The van der Waals surface area contributed by atoms with Gasteiger partial charge in [0.15, 0.2) is 0 Å². The lowest BCUT2D eigenvalue weighted by Gasteiger charge is -2.14. The smallest absolute Gasteiger partial charge is 0.166 e. The summed E-state index contributed by atoms with van der Waals surface area (Å²) >= 11 is 5.67. The lowest BCUT2D eigenvalue weighted by atomic mass is 10.0. The molecule has 0 aromatic carbocycles. The predicted octanol–water partition coefficient (Wildman–Crippen LogP) is 5.69. The molecule has 0 atom stereocenters. The van der Waals surface area contributed by atoms with Crippen LogP contribution in [0.3, 0.4) is 0 Å². The van der Waals surface area contributed by atoms with Crippen LogP contribution in [0.15, 0.2) is 22.3 Å². The van der Waals surface area contributed by atoms with Crippen LogP contribution in [0.2, 0.25) is 0 Å². The molecule has 0 rings (SSSR count). The molecule has 0 saturated carbocycles. The number of rotatable bonds is 2. The van der Waals surface area contributed by atoms with E-state index < -0.39 is 11.7 Å². The maximum absolute atomic E-state index is 12.4. The maximum Gasteiger partial charge on any atom is 0.417 e. The van der Waals surface area contributed by atoms with Gasteiger partial charge in [0.2, 0.25) is 0 Å². The summed E-state index contributed by atoms with van der Waals surface area (Å²) in [7, 11) is 0. The highest BCUT2D eigenvalue weighted by Crippen LogP contribution is 2.36. The minimum atomic E-state index is -4.37. The molecule has 0 aliphatic rings. The Bertz CT molecular complexity index is 260. The Labute approximate surface area is 101 Å². The summed E-state index contributed by atoms with van der Waals surface area (Å²) in [6.07, 6.45) is -3.38. The molecular weight excluding hydrogens is 237 g/mol. The number of allylic oxidation sites excluding steroid dienone is 4. The zero-order chi connectivity index (χ0) is 13.5. The molecule has 0 bridgehead atoms. The molecule has 0 aromatic heterocycles. The normalized spacial score (nSPS) is 14.3. The number of hydrogen-bond acceptors (Lipinski definition) is 0. The molecule has 0 unspecified atom stereocenters. The van der Waals surface area contributed by atoms with E-state index in [9.17, 15) is 13.2 Å². The third-order valence-corrected chi connectivity index (χ3v) is 2.54. The standard InChI is InChI=1S/C10H14ClF3.C2H6/c1-5-8(10(12,13)14)9(11)7(4)6(2)3;1-2/h5-6H,1-4H3;1-2H3/b8-5+,9-7-;. The average molecular weight is 257 g/mol. The first-order valence-electron chi connectivity index (χ1n) is 5.32. The average Bonchev–Trinajstić information content (AvgIpc) is 2.18. The van der Waals surface area contributed by atoms with E-state index in [0.29, 0.717) is 5.57 Å². The van der Waals surface area contributed by atoms with Crippen molar-refractivity contribution in [3.05, 3.63) is 22.3 Å². The van der Waals surface area contributed by atoms with Crippen LogP contribution in [0.5, 0.6) is 0 Å². The van der Waals surface area contributed by atoms with Crippen LogP contribution in [0, 0.1) is 5.92 Å². The summed E-state index contributed by atoms with van der Waals surface area (Å²) in [5.41, 5.74) is -0.206. The van der Waals surface area contributed by atoms with Gasteiger partial charge in [-0.1, -0.05) is 50.9 Å². The highest BCUT2D eigenvalue weighted by atomic mass is 35.5. The Hall–Kier alpha value is -0.440. The monoisotopic (exact) mass is 256 g/mol. The van der Waals surface area contributed by atoms with E-state index in [1.165, 1.54) is 6.92 Å². The van der Waals surface area contributed by atoms with E-state index in [1.807, 2.05) is 13.8 Å².